The average molecular weight is 344 g/mol. The summed E-state index contributed by atoms with van der Waals surface area (Å²) < 4.78 is 5.09. The zero-order chi connectivity index (χ0) is 17.8. The van der Waals surface area contributed by atoms with Crippen molar-refractivity contribution in [2.45, 2.75) is 0 Å². The number of nitrogens with zero attached hydrogens (tertiary/aromatic N) is 6. The number of hydrogen-bond donors (Lipinski definition) is 1. The number of aromatic nitrogens is 4. The Balaban J connectivity index is 1.63. The Hall–Kier alpha value is -3.30. The van der Waals surface area contributed by atoms with Crippen LogP contribution in [-0.2, 0) is 0 Å². The third kappa shape index (κ3) is 3.62. The number of methoxy groups -OCH3 is 1. The zero-order valence-electron chi connectivity index (χ0n) is 13.5. The summed E-state index contributed by atoms with van der Waals surface area (Å²) in [5.41, 5.74) is -0.0763. The molecule has 0 spiro atoms. The number of hydrogen-bond acceptors (Lipinski definition) is 8. The Kier molecular flexibility index (Phi) is 4.68. The van der Waals surface area contributed by atoms with E-state index in [0.29, 0.717) is 38.0 Å². The number of ether oxygens (including phenoxy) is 1. The van der Waals surface area contributed by atoms with Crippen molar-refractivity contribution in [1.82, 2.24) is 24.8 Å². The summed E-state index contributed by atoms with van der Waals surface area (Å²) in [7, 11) is 1.54. The van der Waals surface area contributed by atoms with Crippen molar-refractivity contribution < 1.29 is 19.4 Å². The topological polar surface area (TPSA) is 122 Å². The molecule has 0 radical (unpaired) electrons. The van der Waals surface area contributed by atoms with Gasteiger partial charge in [-0.3, -0.25) is 4.79 Å². The summed E-state index contributed by atoms with van der Waals surface area (Å²) in [6.45, 7) is 2.09. The van der Waals surface area contributed by atoms with Gasteiger partial charge in [0, 0.05) is 38.4 Å². The highest BCUT2D eigenvalue weighted by atomic mass is 16.5. The molecule has 1 saturated heterocycles. The van der Waals surface area contributed by atoms with Gasteiger partial charge in [0.2, 0.25) is 11.8 Å². The SMILES string of the molecule is COc1ccnc(N2CCN(C(=O)c3cnc(C(=O)O)cn3)CC2)n1. The van der Waals surface area contributed by atoms with Gasteiger partial charge in [0.15, 0.2) is 5.69 Å². The maximum absolute atomic E-state index is 12.4. The van der Waals surface area contributed by atoms with Crippen molar-refractivity contribution in [3.63, 3.8) is 0 Å². The van der Waals surface area contributed by atoms with Gasteiger partial charge in [0.25, 0.3) is 5.91 Å². The van der Waals surface area contributed by atoms with Crippen LogP contribution in [0, 0.1) is 0 Å². The molecule has 0 saturated carbocycles. The van der Waals surface area contributed by atoms with Gasteiger partial charge in [-0.25, -0.2) is 19.7 Å². The molecule has 1 amide bonds. The first kappa shape index (κ1) is 16.6. The lowest BCUT2D eigenvalue weighted by atomic mass is 10.3. The molecule has 2 aromatic rings. The van der Waals surface area contributed by atoms with E-state index in [-0.39, 0.29) is 17.3 Å². The summed E-state index contributed by atoms with van der Waals surface area (Å²) in [5, 5.41) is 8.81. The summed E-state index contributed by atoms with van der Waals surface area (Å²) >= 11 is 0. The summed E-state index contributed by atoms with van der Waals surface area (Å²) in [4.78, 5) is 42.9. The van der Waals surface area contributed by atoms with Gasteiger partial charge in [0.05, 0.1) is 19.5 Å². The lowest BCUT2D eigenvalue weighted by Crippen LogP contribution is -2.49. The number of carbonyl (C=O) groups excluding carboxylic acids is 1. The number of amides is 1. The van der Waals surface area contributed by atoms with Crippen LogP contribution >= 0.6 is 0 Å². The molecule has 1 fully saturated rings. The smallest absolute Gasteiger partial charge is 0.356 e. The first-order valence-electron chi connectivity index (χ1n) is 7.55. The van der Waals surface area contributed by atoms with Gasteiger partial charge < -0.3 is 19.6 Å². The third-order valence-electron chi connectivity index (χ3n) is 3.77. The molecule has 0 unspecified atom stereocenters. The predicted octanol–water partition coefficient (Wildman–Crippen LogP) is -0.0642. The fourth-order valence-electron chi connectivity index (χ4n) is 2.42. The fourth-order valence-corrected chi connectivity index (χ4v) is 2.42. The first-order valence-corrected chi connectivity index (χ1v) is 7.55. The third-order valence-corrected chi connectivity index (χ3v) is 3.77. The zero-order valence-corrected chi connectivity index (χ0v) is 13.5. The van der Waals surface area contributed by atoms with Crippen LogP contribution in [0.3, 0.4) is 0 Å². The van der Waals surface area contributed by atoms with E-state index in [1.807, 2.05) is 4.90 Å². The molecule has 1 N–H and O–H groups in total. The minimum atomic E-state index is -1.18. The van der Waals surface area contributed by atoms with Crippen LogP contribution in [-0.4, -0.2) is 75.1 Å². The molecule has 1 aliphatic rings. The molecular formula is C15H16N6O4. The predicted molar refractivity (Wildman–Crippen MR) is 85.7 cm³/mol. The Morgan fingerprint density at radius 1 is 1.08 bits per heavy atom. The van der Waals surface area contributed by atoms with Crippen LogP contribution in [0.15, 0.2) is 24.7 Å². The number of aromatic carboxylic acids is 1. The second-order valence-corrected chi connectivity index (χ2v) is 5.27. The Bertz CT molecular complexity index is 774. The minimum Gasteiger partial charge on any atom is -0.481 e. The maximum Gasteiger partial charge on any atom is 0.356 e. The summed E-state index contributed by atoms with van der Waals surface area (Å²) in [5.74, 6) is -0.427. The van der Waals surface area contributed by atoms with Crippen LogP contribution in [0.25, 0.3) is 0 Å². The number of carbonyl (C=O) groups is 2. The highest BCUT2D eigenvalue weighted by molar-refractivity contribution is 5.93. The maximum atomic E-state index is 12.4. The van der Waals surface area contributed by atoms with Crippen LogP contribution in [0.2, 0.25) is 0 Å². The van der Waals surface area contributed by atoms with Crippen LogP contribution in [0.1, 0.15) is 21.0 Å². The Labute approximate surface area is 143 Å². The highest BCUT2D eigenvalue weighted by Crippen LogP contribution is 2.15. The van der Waals surface area contributed by atoms with Crippen molar-refractivity contribution in [1.29, 1.82) is 0 Å². The molecular weight excluding hydrogens is 328 g/mol. The van der Waals surface area contributed by atoms with E-state index in [4.69, 9.17) is 9.84 Å². The number of piperazine rings is 1. The molecule has 0 aromatic carbocycles. The number of rotatable bonds is 4. The first-order chi connectivity index (χ1) is 12.1. The quantitative estimate of drug-likeness (QED) is 0.812. The molecule has 10 heteroatoms. The normalized spacial score (nSPS) is 14.3. The molecule has 0 bridgehead atoms. The van der Waals surface area contributed by atoms with Crippen molar-refractivity contribution in [3.8, 4) is 5.88 Å². The molecule has 0 atom stereocenters. The monoisotopic (exact) mass is 344 g/mol. The van der Waals surface area contributed by atoms with Gasteiger partial charge in [0.1, 0.15) is 5.69 Å². The average Bonchev–Trinajstić information content (AvgIpc) is 2.67. The molecule has 1 aliphatic heterocycles. The van der Waals surface area contributed by atoms with Gasteiger partial charge in [-0.15, -0.1) is 0 Å². The molecule has 0 aliphatic carbocycles. The van der Waals surface area contributed by atoms with Gasteiger partial charge >= 0.3 is 5.97 Å². The van der Waals surface area contributed by atoms with Crippen LogP contribution < -0.4 is 9.64 Å². The number of anilines is 1. The molecule has 10 nitrogen and oxygen atoms in total. The molecule has 25 heavy (non-hydrogen) atoms. The van der Waals surface area contributed by atoms with Gasteiger partial charge in [-0.2, -0.15) is 4.98 Å². The van der Waals surface area contributed by atoms with E-state index in [0.717, 1.165) is 6.20 Å². The van der Waals surface area contributed by atoms with Crippen molar-refractivity contribution in [3.05, 3.63) is 36.0 Å². The molecule has 2 aromatic heterocycles. The standard InChI is InChI=1S/C15H16N6O4/c1-25-12-2-3-16-15(19-12)21-6-4-20(5-7-21)13(22)10-8-18-11(9-17-10)14(23)24/h2-3,8-9H,4-7H2,1H3,(H,23,24). The molecule has 3 rings (SSSR count). The van der Waals surface area contributed by atoms with Crippen LogP contribution in [0.5, 0.6) is 5.88 Å². The lowest BCUT2D eigenvalue weighted by molar-refractivity contribution is 0.0684. The highest BCUT2D eigenvalue weighted by Gasteiger charge is 2.24. The number of carboxylic acids is 1. The summed E-state index contributed by atoms with van der Waals surface area (Å²) in [6, 6.07) is 1.67. The Morgan fingerprint density at radius 3 is 2.36 bits per heavy atom. The minimum absolute atomic E-state index is 0.121. The fraction of sp³-hybridized carbons (Fsp3) is 0.333. The second-order valence-electron chi connectivity index (χ2n) is 5.27. The largest absolute Gasteiger partial charge is 0.481 e. The molecule has 130 valence electrons. The number of carboxylic acid groups (broad SMARTS) is 1. The van der Waals surface area contributed by atoms with Crippen LogP contribution in [0.4, 0.5) is 5.95 Å². The van der Waals surface area contributed by atoms with Gasteiger partial charge in [-0.1, -0.05) is 0 Å². The second kappa shape index (κ2) is 7.07. The summed E-state index contributed by atoms with van der Waals surface area (Å²) in [6.07, 6.45) is 3.89. The van der Waals surface area contributed by atoms with E-state index in [9.17, 15) is 9.59 Å². The Morgan fingerprint density at radius 2 is 1.76 bits per heavy atom. The van der Waals surface area contributed by atoms with Crippen molar-refractivity contribution in [2.24, 2.45) is 0 Å². The van der Waals surface area contributed by atoms with Crippen molar-refractivity contribution >= 4 is 17.8 Å². The van der Waals surface area contributed by atoms with E-state index in [1.165, 1.54) is 6.20 Å². The van der Waals surface area contributed by atoms with Crippen molar-refractivity contribution in [2.75, 3.05) is 38.2 Å². The molecule has 3 heterocycles. The lowest BCUT2D eigenvalue weighted by Gasteiger charge is -2.34. The van der Waals surface area contributed by atoms with E-state index in [2.05, 4.69) is 19.9 Å². The van der Waals surface area contributed by atoms with Gasteiger partial charge in [-0.05, 0) is 0 Å². The van der Waals surface area contributed by atoms with E-state index < -0.39 is 5.97 Å². The van der Waals surface area contributed by atoms with E-state index >= 15 is 0 Å². The van der Waals surface area contributed by atoms with E-state index in [1.54, 1.807) is 24.3 Å².